The number of benzene rings is 2. The van der Waals surface area contributed by atoms with Crippen LogP contribution in [-0.2, 0) is 6.42 Å². The summed E-state index contributed by atoms with van der Waals surface area (Å²) in [5.41, 5.74) is 0.132. The number of rotatable bonds is 10. The van der Waals surface area contributed by atoms with Crippen LogP contribution in [0.5, 0.6) is 17.2 Å². The monoisotopic (exact) mass is 374 g/mol. The maximum Gasteiger partial charge on any atom is 0.160 e. The minimum atomic E-state index is -3.24. The van der Waals surface area contributed by atoms with Gasteiger partial charge in [0.05, 0.1) is 36.6 Å². The lowest BCUT2D eigenvalue weighted by Crippen LogP contribution is -2.17. The summed E-state index contributed by atoms with van der Waals surface area (Å²) in [5, 5.41) is 10.5. The molecule has 0 radical (unpaired) electrons. The van der Waals surface area contributed by atoms with Gasteiger partial charge in [-0.3, -0.25) is 0 Å². The Morgan fingerprint density at radius 3 is 2.69 bits per heavy atom. The molecule has 0 bridgehead atoms. The van der Waals surface area contributed by atoms with Crippen LogP contribution >= 0.6 is 0 Å². The van der Waals surface area contributed by atoms with E-state index in [1.165, 1.54) is 6.92 Å². The normalized spacial score (nSPS) is 22.9. The number of methoxy groups -OCH3 is 2. The van der Waals surface area contributed by atoms with E-state index >= 15 is 0 Å². The SMILES string of the molecule is [2H]c1c([2H])c(OCC(O)C([2H])([2H])CC([2H])([2H])Cc2c([2H])c([2H])c(OC([2H])([2H])[2H])c(OC([2H])([2H])[2H])c2[2H])c([2H])c(C)c1C. The van der Waals surface area contributed by atoms with Gasteiger partial charge in [0.1, 0.15) is 12.4 Å². The number of ether oxygens (including phenoxy) is 3. The molecule has 1 atom stereocenters. The van der Waals surface area contributed by atoms with Crippen LogP contribution in [-0.4, -0.2) is 31.9 Å². The zero-order valence-electron chi connectivity index (χ0n) is 30.4. The number of aliphatic hydroxyl groups is 1. The third-order valence-corrected chi connectivity index (χ3v) is 3.38. The molecule has 0 saturated carbocycles. The molecule has 142 valence electrons. The molecule has 1 unspecified atom stereocenters. The van der Waals surface area contributed by atoms with E-state index in [9.17, 15) is 5.11 Å². The number of hydrogen-bond acceptors (Lipinski definition) is 4. The number of aliphatic hydroxyl groups excluding tert-OH is 1. The van der Waals surface area contributed by atoms with Crippen LogP contribution in [0.1, 0.15) is 57.8 Å². The summed E-state index contributed by atoms with van der Waals surface area (Å²) in [4.78, 5) is 0. The lowest BCUT2D eigenvalue weighted by molar-refractivity contribution is 0.0976. The first-order valence-electron chi connectivity index (χ1n) is 15.7. The van der Waals surface area contributed by atoms with Crippen LogP contribution in [0, 0.1) is 13.8 Å². The molecule has 2 aromatic rings. The minimum absolute atomic E-state index is 0.212. The van der Waals surface area contributed by atoms with Gasteiger partial charge in [0, 0.05) is 5.48 Å². The van der Waals surface area contributed by atoms with Crippen molar-refractivity contribution in [3.63, 3.8) is 0 Å². The molecule has 4 nitrogen and oxygen atoms in total. The Kier molecular flexibility index (Phi) is 2.88. The van der Waals surface area contributed by atoms with Gasteiger partial charge in [0.15, 0.2) is 11.5 Å². The summed E-state index contributed by atoms with van der Waals surface area (Å²) in [6.07, 6.45) is -9.37. The molecule has 0 aliphatic heterocycles. The standard InChI is InChI=1S/C22H30O4/c1-16-9-11-20(13-17(16)2)26-15-19(23)8-6-5-7-18-10-12-21(24-3)22(14-18)25-4/h9-14,19,23H,5-8,15H2,1-4H3/i3D3,4D3,5D2,8D2,9D,10D,11D,12D,13D,14D. The molecule has 1 N–H and O–H groups in total. The summed E-state index contributed by atoms with van der Waals surface area (Å²) in [7, 11) is -6.46. The largest absolute Gasteiger partial charge is 0.493 e. The molecule has 2 rings (SSSR count). The first-order chi connectivity index (χ1) is 18.8. The molecule has 0 aliphatic rings. The Balaban J connectivity index is 2.38. The van der Waals surface area contributed by atoms with E-state index in [1.807, 2.05) is 0 Å². The van der Waals surface area contributed by atoms with Gasteiger partial charge in [-0.15, -0.1) is 0 Å². The Morgan fingerprint density at radius 2 is 1.88 bits per heavy atom. The third kappa shape index (κ3) is 5.95. The Hall–Kier alpha value is -2.20. The molecule has 0 amide bonds. The van der Waals surface area contributed by atoms with Crippen LogP contribution in [0.4, 0.5) is 0 Å². The lowest BCUT2D eigenvalue weighted by atomic mass is 10.0. The van der Waals surface area contributed by atoms with Crippen molar-refractivity contribution in [1.82, 2.24) is 0 Å². The second-order valence-corrected chi connectivity index (χ2v) is 5.30. The van der Waals surface area contributed by atoms with Crippen LogP contribution in [0.15, 0.2) is 36.3 Å². The fraction of sp³-hybridized carbons (Fsp3) is 0.455. The van der Waals surface area contributed by atoms with Crippen molar-refractivity contribution >= 4 is 0 Å². The van der Waals surface area contributed by atoms with Crippen LogP contribution in [0.3, 0.4) is 0 Å². The first-order valence-corrected chi connectivity index (χ1v) is 7.68. The summed E-state index contributed by atoms with van der Waals surface area (Å²) < 4.78 is 140. The zero-order chi connectivity index (χ0) is 32.7. The highest BCUT2D eigenvalue weighted by molar-refractivity contribution is 5.42. The van der Waals surface area contributed by atoms with Gasteiger partial charge >= 0.3 is 0 Å². The van der Waals surface area contributed by atoms with Crippen molar-refractivity contribution in [2.75, 3.05) is 20.7 Å². The molecule has 0 aromatic heterocycles. The van der Waals surface area contributed by atoms with Crippen molar-refractivity contribution in [3.05, 3.63) is 52.9 Å². The van der Waals surface area contributed by atoms with Crippen molar-refractivity contribution in [2.24, 2.45) is 0 Å². The Bertz CT molecular complexity index is 1290. The van der Waals surface area contributed by atoms with E-state index in [4.69, 9.17) is 31.4 Å². The van der Waals surface area contributed by atoms with E-state index in [0.29, 0.717) is 11.1 Å². The van der Waals surface area contributed by atoms with Gasteiger partial charge in [-0.2, -0.15) is 0 Å². The summed E-state index contributed by atoms with van der Waals surface area (Å²) >= 11 is 0. The predicted molar refractivity (Wildman–Crippen MR) is 105 cm³/mol. The molecular formula is C22H30O4. The predicted octanol–water partition coefficient (Wildman–Crippen LogP) is 4.47. The molecule has 26 heavy (non-hydrogen) atoms. The smallest absolute Gasteiger partial charge is 0.160 e. The molecule has 0 aliphatic carbocycles. The third-order valence-electron chi connectivity index (χ3n) is 3.38. The highest BCUT2D eigenvalue weighted by Crippen LogP contribution is 2.28. The molecule has 0 heterocycles. The van der Waals surface area contributed by atoms with Crippen molar-refractivity contribution < 1.29 is 41.2 Å². The Labute approximate surface area is 179 Å². The van der Waals surface area contributed by atoms with E-state index in [2.05, 4.69) is 4.74 Å². The van der Waals surface area contributed by atoms with Crippen LogP contribution < -0.4 is 14.2 Å². The van der Waals surface area contributed by atoms with Gasteiger partial charge in [0.2, 0.25) is 0 Å². The molecule has 4 heteroatoms. The molecule has 0 fully saturated rings. The van der Waals surface area contributed by atoms with E-state index < -0.39 is 93.6 Å². The van der Waals surface area contributed by atoms with Crippen molar-refractivity contribution in [3.8, 4) is 17.2 Å². The quantitative estimate of drug-likeness (QED) is 0.666. The number of hydrogen-bond donors (Lipinski definition) is 1. The van der Waals surface area contributed by atoms with Gasteiger partial charge in [0.25, 0.3) is 0 Å². The van der Waals surface area contributed by atoms with Gasteiger partial charge < -0.3 is 19.3 Å². The summed E-state index contributed by atoms with van der Waals surface area (Å²) in [6.45, 7) is 2.27. The highest BCUT2D eigenvalue weighted by atomic mass is 16.5. The molecule has 0 spiro atoms. The van der Waals surface area contributed by atoms with Gasteiger partial charge in [-0.25, -0.2) is 0 Å². The van der Waals surface area contributed by atoms with Crippen LogP contribution in [0.2, 0.25) is 0 Å². The second kappa shape index (κ2) is 10.1. The topological polar surface area (TPSA) is 47.9 Å². The highest BCUT2D eigenvalue weighted by Gasteiger charge is 2.07. The average molecular weight is 375 g/mol. The molecule has 2 aromatic carbocycles. The molecular weight excluding hydrogens is 328 g/mol. The lowest BCUT2D eigenvalue weighted by Gasteiger charge is -2.13. The summed E-state index contributed by atoms with van der Waals surface area (Å²) in [5.74, 6) is -2.42. The van der Waals surface area contributed by atoms with Gasteiger partial charge in [-0.05, 0) is 73.9 Å². The fourth-order valence-electron chi connectivity index (χ4n) is 1.86. The molecule has 0 saturated heterocycles. The maximum atomic E-state index is 10.5. The summed E-state index contributed by atoms with van der Waals surface area (Å²) in [6, 6.07) is -3.71. The Morgan fingerprint density at radius 1 is 1.08 bits per heavy atom. The van der Waals surface area contributed by atoms with E-state index in [0.717, 1.165) is 0 Å². The fourth-order valence-corrected chi connectivity index (χ4v) is 1.86. The average Bonchev–Trinajstić information content (AvgIpc) is 2.82. The van der Waals surface area contributed by atoms with Crippen molar-refractivity contribution in [1.29, 1.82) is 0 Å². The maximum absolute atomic E-state index is 10.5. The zero-order valence-corrected chi connectivity index (χ0v) is 14.4. The minimum Gasteiger partial charge on any atom is -0.493 e. The van der Waals surface area contributed by atoms with E-state index in [-0.39, 0.29) is 17.8 Å². The van der Waals surface area contributed by atoms with E-state index in [1.54, 1.807) is 6.92 Å². The second-order valence-electron chi connectivity index (χ2n) is 5.30. The first kappa shape index (κ1) is 7.43. The van der Waals surface area contributed by atoms with Gasteiger partial charge in [-0.1, -0.05) is 18.5 Å². The van der Waals surface area contributed by atoms with Crippen molar-refractivity contribution in [2.45, 2.75) is 45.5 Å². The van der Waals surface area contributed by atoms with Crippen LogP contribution in [0.25, 0.3) is 0 Å².